The molecule has 0 fully saturated rings. The summed E-state index contributed by atoms with van der Waals surface area (Å²) in [6.45, 7) is 1.45. The molecule has 1 aromatic heterocycles. The number of aromatic nitrogens is 3. The van der Waals surface area contributed by atoms with Crippen LogP contribution in [0.25, 0.3) is 0 Å². The van der Waals surface area contributed by atoms with Crippen LogP contribution in [0.1, 0.15) is 48.1 Å². The van der Waals surface area contributed by atoms with E-state index in [1.165, 1.54) is 18.4 Å². The van der Waals surface area contributed by atoms with E-state index in [9.17, 15) is 5.11 Å². The smallest absolute Gasteiger partial charge is 0.171 e. The lowest BCUT2D eigenvalue weighted by Crippen LogP contribution is -2.14. The van der Waals surface area contributed by atoms with Gasteiger partial charge >= 0.3 is 0 Å². The summed E-state index contributed by atoms with van der Waals surface area (Å²) >= 11 is 0. The Morgan fingerprint density at radius 2 is 2.19 bits per heavy atom. The molecule has 0 saturated carbocycles. The second-order valence-corrected chi connectivity index (χ2v) is 5.84. The molecule has 0 spiro atoms. The molecular weight excluding hydrogens is 266 g/mol. The van der Waals surface area contributed by atoms with Gasteiger partial charge in [-0.1, -0.05) is 6.07 Å². The number of hydrogen-bond acceptors (Lipinski definition) is 4. The highest BCUT2D eigenvalue weighted by atomic mass is 16.5. The number of aliphatic hydroxyl groups excluding tert-OH is 1. The average molecular weight is 285 g/mol. The summed E-state index contributed by atoms with van der Waals surface area (Å²) in [6.07, 6.45) is 4.84. The van der Waals surface area contributed by atoms with Gasteiger partial charge in [0.15, 0.2) is 5.82 Å². The first-order valence-corrected chi connectivity index (χ1v) is 7.66. The van der Waals surface area contributed by atoms with Crippen molar-refractivity contribution in [3.63, 3.8) is 0 Å². The van der Waals surface area contributed by atoms with Gasteiger partial charge in [-0.25, -0.2) is 0 Å². The van der Waals surface area contributed by atoms with Gasteiger partial charge in [0.1, 0.15) is 18.2 Å². The highest BCUT2D eigenvalue weighted by Crippen LogP contribution is 2.33. The van der Waals surface area contributed by atoms with Crippen molar-refractivity contribution < 1.29 is 9.84 Å². The predicted octanol–water partition coefficient (Wildman–Crippen LogP) is 2.17. The normalized spacial score (nSPS) is 20.1. The summed E-state index contributed by atoms with van der Waals surface area (Å²) in [5, 5.41) is 18.3. The average Bonchev–Trinajstić information content (AvgIpc) is 3.09. The van der Waals surface area contributed by atoms with Crippen LogP contribution in [-0.2, 0) is 26.0 Å². The molecule has 1 aromatic carbocycles. The van der Waals surface area contributed by atoms with Crippen LogP contribution in [-0.4, -0.2) is 19.9 Å². The first-order chi connectivity index (χ1) is 10.3. The van der Waals surface area contributed by atoms with Crippen LogP contribution in [0.15, 0.2) is 18.2 Å². The van der Waals surface area contributed by atoms with Crippen molar-refractivity contribution >= 4 is 0 Å². The van der Waals surface area contributed by atoms with Crippen molar-refractivity contribution in [2.24, 2.45) is 0 Å². The molecule has 1 aliphatic carbocycles. The quantitative estimate of drug-likeness (QED) is 0.939. The second-order valence-electron chi connectivity index (χ2n) is 5.84. The Labute approximate surface area is 123 Å². The molecule has 2 aliphatic rings. The topological polar surface area (TPSA) is 60.2 Å². The first-order valence-electron chi connectivity index (χ1n) is 7.66. The molecule has 5 nitrogen and oxygen atoms in total. The summed E-state index contributed by atoms with van der Waals surface area (Å²) in [7, 11) is 0. The third-order valence-electron chi connectivity index (χ3n) is 4.46. The maximum absolute atomic E-state index is 9.82. The summed E-state index contributed by atoms with van der Waals surface area (Å²) in [6, 6.07) is 5.95. The van der Waals surface area contributed by atoms with E-state index in [-0.39, 0.29) is 6.10 Å². The number of aryl methyl sites for hydroxylation is 2. The number of aliphatic hydroxyl groups is 1. The number of rotatable bonds is 3. The van der Waals surface area contributed by atoms with Crippen LogP contribution in [0.3, 0.4) is 0 Å². The van der Waals surface area contributed by atoms with Gasteiger partial charge in [-0.05, 0) is 48.9 Å². The van der Waals surface area contributed by atoms with Gasteiger partial charge in [0.05, 0.1) is 6.10 Å². The zero-order valence-electron chi connectivity index (χ0n) is 12.0. The molecule has 0 amide bonds. The highest BCUT2D eigenvalue weighted by molar-refractivity contribution is 5.39. The lowest BCUT2D eigenvalue weighted by Gasteiger charge is -2.15. The maximum Gasteiger partial charge on any atom is 0.171 e. The summed E-state index contributed by atoms with van der Waals surface area (Å²) in [5.41, 5.74) is 2.24. The molecule has 4 rings (SSSR count). The Hall–Kier alpha value is -1.88. The van der Waals surface area contributed by atoms with Crippen molar-refractivity contribution in [1.82, 2.24) is 14.8 Å². The van der Waals surface area contributed by atoms with E-state index in [2.05, 4.69) is 14.8 Å². The highest BCUT2D eigenvalue weighted by Gasteiger charge is 2.21. The number of nitrogens with zero attached hydrogens (tertiary/aromatic N) is 3. The molecule has 110 valence electrons. The molecule has 1 atom stereocenters. The lowest BCUT2D eigenvalue weighted by molar-refractivity contribution is 0.180. The number of hydrogen-bond donors (Lipinski definition) is 1. The molecule has 2 heterocycles. The van der Waals surface area contributed by atoms with E-state index in [1.807, 2.05) is 18.2 Å². The Bertz CT molecular complexity index is 666. The Balaban J connectivity index is 1.49. The maximum atomic E-state index is 9.82. The van der Waals surface area contributed by atoms with Gasteiger partial charge in [0.25, 0.3) is 0 Å². The minimum absolute atomic E-state index is 0.308. The van der Waals surface area contributed by atoms with Crippen LogP contribution in [0.5, 0.6) is 5.75 Å². The van der Waals surface area contributed by atoms with E-state index in [0.29, 0.717) is 6.61 Å². The van der Waals surface area contributed by atoms with Crippen molar-refractivity contribution in [2.45, 2.75) is 51.4 Å². The Morgan fingerprint density at radius 3 is 3.14 bits per heavy atom. The summed E-state index contributed by atoms with van der Waals surface area (Å²) < 4.78 is 8.05. The monoisotopic (exact) mass is 285 g/mol. The van der Waals surface area contributed by atoms with Crippen LogP contribution < -0.4 is 4.74 Å². The SMILES string of the molecule is OC1CCc2cc(OCc3nnc4n3CCCC4)ccc21. The van der Waals surface area contributed by atoms with E-state index >= 15 is 0 Å². The standard InChI is InChI=1S/C16H19N3O2/c20-14-7-4-11-9-12(5-6-13(11)14)21-10-16-18-17-15-3-1-2-8-19(15)16/h5-6,9,14,20H,1-4,7-8,10H2. The van der Waals surface area contributed by atoms with Gasteiger partial charge in [0.2, 0.25) is 0 Å². The van der Waals surface area contributed by atoms with Gasteiger partial charge in [-0.3, -0.25) is 0 Å². The third kappa shape index (κ3) is 2.31. The Morgan fingerprint density at radius 1 is 1.24 bits per heavy atom. The minimum atomic E-state index is -0.308. The number of fused-ring (bicyclic) bond motifs is 2. The molecule has 1 N–H and O–H groups in total. The van der Waals surface area contributed by atoms with E-state index in [1.54, 1.807) is 0 Å². The predicted molar refractivity (Wildman–Crippen MR) is 77.0 cm³/mol. The van der Waals surface area contributed by atoms with E-state index in [0.717, 1.165) is 48.8 Å². The zero-order chi connectivity index (χ0) is 14.2. The largest absolute Gasteiger partial charge is 0.486 e. The second kappa shape index (κ2) is 5.15. The molecule has 5 heteroatoms. The van der Waals surface area contributed by atoms with Gasteiger partial charge < -0.3 is 14.4 Å². The fourth-order valence-corrected chi connectivity index (χ4v) is 3.28. The van der Waals surface area contributed by atoms with E-state index in [4.69, 9.17) is 4.74 Å². The molecule has 21 heavy (non-hydrogen) atoms. The van der Waals surface area contributed by atoms with Gasteiger partial charge in [-0.15, -0.1) is 10.2 Å². The molecule has 2 aromatic rings. The summed E-state index contributed by atoms with van der Waals surface area (Å²) in [4.78, 5) is 0. The Kier molecular flexibility index (Phi) is 3.15. The fourth-order valence-electron chi connectivity index (χ4n) is 3.28. The molecule has 0 radical (unpaired) electrons. The van der Waals surface area contributed by atoms with Crippen molar-refractivity contribution in [3.8, 4) is 5.75 Å². The lowest BCUT2D eigenvalue weighted by atomic mass is 10.1. The van der Waals surface area contributed by atoms with Gasteiger partial charge in [0, 0.05) is 13.0 Å². The van der Waals surface area contributed by atoms with Crippen LogP contribution >= 0.6 is 0 Å². The van der Waals surface area contributed by atoms with Gasteiger partial charge in [-0.2, -0.15) is 0 Å². The van der Waals surface area contributed by atoms with E-state index < -0.39 is 0 Å². The number of ether oxygens (including phenoxy) is 1. The van der Waals surface area contributed by atoms with Crippen LogP contribution in [0.4, 0.5) is 0 Å². The fraction of sp³-hybridized carbons (Fsp3) is 0.500. The van der Waals surface area contributed by atoms with Crippen molar-refractivity contribution in [1.29, 1.82) is 0 Å². The molecular formula is C16H19N3O2. The van der Waals surface area contributed by atoms with Crippen molar-refractivity contribution in [2.75, 3.05) is 0 Å². The molecule has 1 aliphatic heterocycles. The molecule has 0 bridgehead atoms. The zero-order valence-corrected chi connectivity index (χ0v) is 12.0. The minimum Gasteiger partial charge on any atom is -0.486 e. The van der Waals surface area contributed by atoms with Crippen LogP contribution in [0, 0.1) is 0 Å². The molecule has 0 saturated heterocycles. The third-order valence-corrected chi connectivity index (χ3v) is 4.46. The van der Waals surface area contributed by atoms with Crippen molar-refractivity contribution in [3.05, 3.63) is 41.0 Å². The first kappa shape index (κ1) is 12.8. The van der Waals surface area contributed by atoms with Crippen LogP contribution in [0.2, 0.25) is 0 Å². The number of benzene rings is 1. The summed E-state index contributed by atoms with van der Waals surface area (Å²) in [5.74, 6) is 2.83. The molecule has 1 unspecified atom stereocenters.